The standard InChI is InChI=1S/C32H31F5N2O4/c1-31(2,42)18-5-7-39(8-6-18)19-3-4-20(26(34)12-19)21-10-17(25(33)13-24(21)32(35,36)37)15-43-27-11-16-9-22-28(23(16)14-38-27)29(22)30(40)41/h3-4,10-14,18,22,28-29,42H,5-9,15H2,1-2H3,(H,40,41). The number of nitrogens with zero attached hydrogens (tertiary/aromatic N) is 2. The van der Waals surface area contributed by atoms with Crippen molar-refractivity contribution < 1.29 is 41.7 Å². The Kier molecular flexibility index (Phi) is 7.14. The van der Waals surface area contributed by atoms with Gasteiger partial charge < -0.3 is 19.8 Å². The first-order valence-electron chi connectivity index (χ1n) is 14.2. The molecule has 2 heterocycles. The molecule has 1 saturated heterocycles. The van der Waals surface area contributed by atoms with Gasteiger partial charge in [0, 0.05) is 48.1 Å². The van der Waals surface area contributed by atoms with Gasteiger partial charge in [-0.3, -0.25) is 4.79 Å². The molecule has 6 rings (SSSR count). The molecule has 3 aliphatic rings. The van der Waals surface area contributed by atoms with E-state index in [0.29, 0.717) is 44.1 Å². The summed E-state index contributed by atoms with van der Waals surface area (Å²) < 4.78 is 77.9. The van der Waals surface area contributed by atoms with Crippen molar-refractivity contribution in [3.05, 3.63) is 76.5 Å². The van der Waals surface area contributed by atoms with E-state index in [2.05, 4.69) is 4.98 Å². The number of aliphatic carboxylic acids is 1. The first kappa shape index (κ1) is 29.3. The van der Waals surface area contributed by atoms with Gasteiger partial charge in [0.25, 0.3) is 0 Å². The smallest absolute Gasteiger partial charge is 0.417 e. The third-order valence-corrected chi connectivity index (χ3v) is 9.24. The Morgan fingerprint density at radius 1 is 1.05 bits per heavy atom. The number of carboxylic acids is 1. The zero-order valence-electron chi connectivity index (χ0n) is 23.6. The summed E-state index contributed by atoms with van der Waals surface area (Å²) in [4.78, 5) is 17.4. The van der Waals surface area contributed by atoms with E-state index >= 15 is 4.39 Å². The molecular weight excluding hydrogens is 571 g/mol. The summed E-state index contributed by atoms with van der Waals surface area (Å²) in [5.41, 5.74) is -0.895. The van der Waals surface area contributed by atoms with Gasteiger partial charge in [0.1, 0.15) is 18.2 Å². The third kappa shape index (κ3) is 5.55. The normalized spacial score (nSPS) is 21.9. The second-order valence-electron chi connectivity index (χ2n) is 12.3. The lowest BCUT2D eigenvalue weighted by Gasteiger charge is -2.38. The Morgan fingerprint density at radius 2 is 1.77 bits per heavy atom. The number of benzene rings is 2. The number of piperidine rings is 1. The highest BCUT2D eigenvalue weighted by Crippen LogP contribution is 2.61. The summed E-state index contributed by atoms with van der Waals surface area (Å²) in [5.74, 6) is -3.11. The van der Waals surface area contributed by atoms with E-state index in [0.717, 1.165) is 17.2 Å². The Morgan fingerprint density at radius 3 is 2.40 bits per heavy atom. The van der Waals surface area contributed by atoms with Gasteiger partial charge in [-0.15, -0.1) is 0 Å². The average Bonchev–Trinajstić information content (AvgIpc) is 3.53. The summed E-state index contributed by atoms with van der Waals surface area (Å²) >= 11 is 0. The van der Waals surface area contributed by atoms with Gasteiger partial charge in [0.05, 0.1) is 17.1 Å². The lowest BCUT2D eigenvalue weighted by molar-refractivity contribution is -0.139. The van der Waals surface area contributed by atoms with E-state index < -0.39 is 53.0 Å². The van der Waals surface area contributed by atoms with Crippen molar-refractivity contribution in [3.63, 3.8) is 0 Å². The van der Waals surface area contributed by atoms with Crippen LogP contribution in [-0.4, -0.2) is 39.9 Å². The fraction of sp³-hybridized carbons (Fsp3) is 0.438. The number of carboxylic acid groups (broad SMARTS) is 1. The van der Waals surface area contributed by atoms with Gasteiger partial charge in [0.15, 0.2) is 0 Å². The molecule has 0 spiro atoms. The molecule has 11 heteroatoms. The van der Waals surface area contributed by atoms with Crippen molar-refractivity contribution in [1.29, 1.82) is 0 Å². The Bertz CT molecular complexity index is 1580. The van der Waals surface area contributed by atoms with E-state index in [4.69, 9.17) is 4.74 Å². The number of alkyl halides is 3. The van der Waals surface area contributed by atoms with Crippen LogP contribution in [0.15, 0.2) is 42.6 Å². The molecule has 1 aromatic heterocycles. The first-order valence-corrected chi connectivity index (χ1v) is 14.2. The predicted molar refractivity (Wildman–Crippen MR) is 148 cm³/mol. The number of carbonyl (C=O) groups is 1. The lowest BCUT2D eigenvalue weighted by atomic mass is 9.83. The summed E-state index contributed by atoms with van der Waals surface area (Å²) in [5, 5.41) is 19.6. The summed E-state index contributed by atoms with van der Waals surface area (Å²) in [6.07, 6.45) is -1.46. The molecule has 3 aromatic rings. The van der Waals surface area contributed by atoms with Crippen molar-refractivity contribution in [1.82, 2.24) is 4.98 Å². The van der Waals surface area contributed by atoms with Crippen LogP contribution in [0.4, 0.5) is 27.6 Å². The van der Waals surface area contributed by atoms with Crippen LogP contribution in [0.25, 0.3) is 11.1 Å². The number of anilines is 1. The average molecular weight is 603 g/mol. The molecule has 0 bridgehead atoms. The van der Waals surface area contributed by atoms with Crippen LogP contribution in [0, 0.1) is 29.4 Å². The number of hydrogen-bond acceptors (Lipinski definition) is 5. The molecule has 2 aromatic carbocycles. The summed E-state index contributed by atoms with van der Waals surface area (Å²) in [7, 11) is 0. The number of halogens is 5. The number of hydrogen-bond donors (Lipinski definition) is 2. The van der Waals surface area contributed by atoms with Crippen molar-refractivity contribution in [2.75, 3.05) is 18.0 Å². The van der Waals surface area contributed by atoms with Crippen molar-refractivity contribution in [2.45, 2.75) is 57.4 Å². The second kappa shape index (κ2) is 10.5. The maximum absolute atomic E-state index is 15.4. The van der Waals surface area contributed by atoms with Gasteiger partial charge in [-0.2, -0.15) is 13.2 Å². The zero-order valence-corrected chi connectivity index (χ0v) is 23.6. The predicted octanol–water partition coefficient (Wildman–Crippen LogP) is 6.58. The van der Waals surface area contributed by atoms with Crippen LogP contribution in [-0.2, 0) is 24.0 Å². The van der Waals surface area contributed by atoms with E-state index in [1.807, 2.05) is 4.90 Å². The van der Waals surface area contributed by atoms with Gasteiger partial charge >= 0.3 is 12.1 Å². The van der Waals surface area contributed by atoms with Crippen LogP contribution in [0.1, 0.15) is 54.9 Å². The van der Waals surface area contributed by atoms with E-state index in [-0.39, 0.29) is 34.8 Å². The molecule has 2 aliphatic carbocycles. The first-order chi connectivity index (χ1) is 20.2. The largest absolute Gasteiger partial charge is 0.481 e. The van der Waals surface area contributed by atoms with Crippen molar-refractivity contribution in [2.24, 2.45) is 17.8 Å². The Hall–Kier alpha value is -3.73. The molecule has 1 saturated carbocycles. The lowest BCUT2D eigenvalue weighted by Crippen LogP contribution is -2.41. The topological polar surface area (TPSA) is 82.9 Å². The van der Waals surface area contributed by atoms with Gasteiger partial charge in [0.2, 0.25) is 5.88 Å². The monoisotopic (exact) mass is 602 g/mol. The SMILES string of the molecule is CC(C)(O)C1CCN(c2ccc(-c3cc(COc4cc5c(cn4)C4C(C5)C4C(=O)O)c(F)cc3C(F)(F)F)c(F)c2)CC1. The van der Waals surface area contributed by atoms with Crippen LogP contribution >= 0.6 is 0 Å². The molecule has 228 valence electrons. The van der Waals surface area contributed by atoms with Crippen LogP contribution < -0.4 is 9.64 Å². The minimum atomic E-state index is -4.93. The molecular formula is C32H31F5N2O4. The number of pyridine rings is 1. The van der Waals surface area contributed by atoms with Gasteiger partial charge in [-0.25, -0.2) is 13.8 Å². The van der Waals surface area contributed by atoms with E-state index in [9.17, 15) is 32.6 Å². The fourth-order valence-electron chi connectivity index (χ4n) is 6.79. The van der Waals surface area contributed by atoms with E-state index in [1.165, 1.54) is 18.3 Å². The minimum absolute atomic E-state index is 0.0141. The number of rotatable bonds is 7. The molecule has 43 heavy (non-hydrogen) atoms. The highest BCUT2D eigenvalue weighted by atomic mass is 19.4. The maximum atomic E-state index is 15.4. The van der Waals surface area contributed by atoms with E-state index in [1.54, 1.807) is 26.0 Å². The second-order valence-corrected chi connectivity index (χ2v) is 12.3. The molecule has 1 aliphatic heterocycles. The molecule has 3 unspecified atom stereocenters. The Labute approximate surface area is 245 Å². The van der Waals surface area contributed by atoms with Gasteiger partial charge in [-0.1, -0.05) is 0 Å². The highest BCUT2D eigenvalue weighted by Gasteiger charge is 2.60. The molecule has 6 nitrogen and oxygen atoms in total. The minimum Gasteiger partial charge on any atom is -0.481 e. The van der Waals surface area contributed by atoms with Gasteiger partial charge in [-0.05, 0) is 92.0 Å². The van der Waals surface area contributed by atoms with Crippen LogP contribution in [0.3, 0.4) is 0 Å². The number of aromatic nitrogens is 1. The molecule has 0 radical (unpaired) electrons. The summed E-state index contributed by atoms with van der Waals surface area (Å²) in [6.45, 7) is 4.20. The molecule has 2 N–H and O–H groups in total. The number of ether oxygens (including phenoxy) is 1. The van der Waals surface area contributed by atoms with Crippen LogP contribution in [0.2, 0.25) is 0 Å². The quantitative estimate of drug-likeness (QED) is 0.297. The zero-order chi connectivity index (χ0) is 30.8. The fourth-order valence-corrected chi connectivity index (χ4v) is 6.79. The number of fused-ring (bicyclic) bond motifs is 3. The third-order valence-electron chi connectivity index (χ3n) is 9.24. The highest BCUT2D eigenvalue weighted by molar-refractivity contribution is 5.78. The maximum Gasteiger partial charge on any atom is 0.417 e. The van der Waals surface area contributed by atoms with Crippen molar-refractivity contribution >= 4 is 11.7 Å². The molecule has 0 amide bonds. The summed E-state index contributed by atoms with van der Waals surface area (Å²) in [6, 6.07) is 6.98. The van der Waals surface area contributed by atoms with Crippen molar-refractivity contribution in [3.8, 4) is 17.0 Å². The van der Waals surface area contributed by atoms with Crippen LogP contribution in [0.5, 0.6) is 5.88 Å². The molecule has 3 atom stereocenters. The number of aliphatic hydroxyl groups is 1. The molecule has 2 fully saturated rings. The Balaban J connectivity index is 1.23.